The van der Waals surface area contributed by atoms with Gasteiger partial charge < -0.3 is 27.5 Å². The summed E-state index contributed by atoms with van der Waals surface area (Å²) in [4.78, 5) is 5.05. The third-order valence-electron chi connectivity index (χ3n) is 5.74. The summed E-state index contributed by atoms with van der Waals surface area (Å²) >= 11 is 0. The molecule has 166 valence electrons. The van der Waals surface area contributed by atoms with E-state index in [1.54, 1.807) is 0 Å². The van der Waals surface area contributed by atoms with E-state index in [0.717, 1.165) is 24.5 Å². The molecular weight excluding hydrogens is 411 g/mol. The van der Waals surface area contributed by atoms with Crippen molar-refractivity contribution >= 4 is 36.6 Å². The minimum atomic E-state index is -0.142. The van der Waals surface area contributed by atoms with Crippen LogP contribution >= 0.6 is 7.92 Å². The summed E-state index contributed by atoms with van der Waals surface area (Å²) in [6.07, 6.45) is 16.9. The summed E-state index contributed by atoms with van der Waals surface area (Å²) in [6.45, 7) is 10.9. The third kappa shape index (κ3) is 11.9. The predicted molar refractivity (Wildman–Crippen MR) is 128 cm³/mol. The molecule has 0 spiro atoms. The van der Waals surface area contributed by atoms with Crippen molar-refractivity contribution in [2.75, 3.05) is 13.2 Å². The number of ether oxygens (including phenoxy) is 1. The van der Waals surface area contributed by atoms with Crippen LogP contribution in [0.3, 0.4) is 0 Å². The van der Waals surface area contributed by atoms with Gasteiger partial charge in [0.1, 0.15) is 0 Å². The van der Waals surface area contributed by atoms with Crippen molar-refractivity contribution in [2.24, 2.45) is 4.99 Å². The molecule has 1 heterocycles. The SMILES string of the molecule is C1CCOC1.CC(C)N=C([N-]C(C)C)P(C1CCCCC1)C1CCCCC1.[Cl-].[Mg+2]. The summed E-state index contributed by atoms with van der Waals surface area (Å²) < 4.78 is 4.94. The van der Waals surface area contributed by atoms with E-state index in [2.05, 4.69) is 27.7 Å². The Labute approximate surface area is 204 Å². The van der Waals surface area contributed by atoms with Gasteiger partial charge in [-0.25, -0.2) is 0 Å². The van der Waals surface area contributed by atoms with Crippen LogP contribution in [0.4, 0.5) is 0 Å². The second-order valence-electron chi connectivity index (χ2n) is 9.06. The first kappa shape index (κ1) is 29.9. The van der Waals surface area contributed by atoms with Crippen LogP contribution < -0.4 is 12.4 Å². The van der Waals surface area contributed by atoms with Gasteiger partial charge in [-0.1, -0.05) is 79.7 Å². The van der Waals surface area contributed by atoms with Gasteiger partial charge in [-0.3, -0.25) is 0 Å². The van der Waals surface area contributed by atoms with Crippen LogP contribution in [0.2, 0.25) is 0 Å². The van der Waals surface area contributed by atoms with Gasteiger partial charge in [-0.2, -0.15) is 0 Å². The van der Waals surface area contributed by atoms with Crippen LogP contribution in [0, 0.1) is 0 Å². The second kappa shape index (κ2) is 17.5. The Morgan fingerprint density at radius 2 is 1.24 bits per heavy atom. The van der Waals surface area contributed by atoms with Gasteiger partial charge in [0.05, 0.1) is 0 Å². The zero-order chi connectivity index (χ0) is 19.5. The number of hydrogen-bond donors (Lipinski definition) is 0. The smallest absolute Gasteiger partial charge is 1.00 e. The van der Waals surface area contributed by atoms with Crippen molar-refractivity contribution in [1.29, 1.82) is 0 Å². The van der Waals surface area contributed by atoms with Crippen molar-refractivity contribution in [3.05, 3.63) is 5.32 Å². The van der Waals surface area contributed by atoms with Crippen molar-refractivity contribution in [3.63, 3.8) is 0 Å². The molecule has 0 radical (unpaired) electrons. The fraction of sp³-hybridized carbons (Fsp3) is 0.957. The minimum absolute atomic E-state index is 0. The molecule has 1 saturated heterocycles. The van der Waals surface area contributed by atoms with Gasteiger partial charge in [0.25, 0.3) is 0 Å². The number of rotatable bonds is 5. The molecule has 0 N–H and O–H groups in total. The number of hydrogen-bond acceptors (Lipinski definition) is 2. The molecular formula is C23H44ClMgN2OP. The molecule has 0 aromatic rings. The van der Waals surface area contributed by atoms with E-state index in [1.807, 2.05) is 0 Å². The molecule has 3 rings (SSSR count). The van der Waals surface area contributed by atoms with E-state index in [9.17, 15) is 0 Å². The van der Waals surface area contributed by atoms with Crippen molar-refractivity contribution in [2.45, 2.75) is 128 Å². The molecule has 29 heavy (non-hydrogen) atoms. The Balaban J connectivity index is 0.000000978. The maximum absolute atomic E-state index is 5.05. The average molecular weight is 455 g/mol. The van der Waals surface area contributed by atoms with Crippen molar-refractivity contribution in [3.8, 4) is 0 Å². The van der Waals surface area contributed by atoms with Crippen molar-refractivity contribution in [1.82, 2.24) is 0 Å². The molecule has 1 aliphatic heterocycles. The maximum Gasteiger partial charge on any atom is 2.00 e. The van der Waals surface area contributed by atoms with Crippen LogP contribution in [0.5, 0.6) is 0 Å². The van der Waals surface area contributed by atoms with Gasteiger partial charge in [0.2, 0.25) is 0 Å². The topological polar surface area (TPSA) is 35.7 Å². The Morgan fingerprint density at radius 1 is 0.793 bits per heavy atom. The number of nitrogens with zero attached hydrogens (tertiary/aromatic N) is 2. The molecule has 3 fully saturated rings. The molecule has 0 aromatic heterocycles. The standard InChI is InChI=1S/C19H36N2P.C4H8O.ClH.Mg/c1-15(2)20-19(21-16(3)4)22(17-11-7-5-8-12-17)18-13-9-6-10-14-18;1-2-4-5-3-1;;/h15-18H,5-14H2,1-4H3;1-4H2;1H;/q-1;;;+2/p-1. The van der Waals surface area contributed by atoms with Crippen LogP contribution in [-0.2, 0) is 4.74 Å². The number of aliphatic imine (C=N–C) groups is 1. The average Bonchev–Trinajstić information content (AvgIpc) is 3.23. The molecule has 3 aliphatic rings. The quantitative estimate of drug-likeness (QED) is 0.266. The van der Waals surface area contributed by atoms with Gasteiger partial charge in [-0.05, 0) is 61.9 Å². The van der Waals surface area contributed by atoms with E-state index in [4.69, 9.17) is 15.0 Å². The molecule has 0 atom stereocenters. The van der Waals surface area contributed by atoms with E-state index in [-0.39, 0.29) is 43.4 Å². The van der Waals surface area contributed by atoms with Crippen LogP contribution in [0.15, 0.2) is 4.99 Å². The maximum atomic E-state index is 5.05. The zero-order valence-electron chi connectivity index (χ0n) is 19.5. The molecule has 3 nitrogen and oxygen atoms in total. The van der Waals surface area contributed by atoms with Gasteiger partial charge >= 0.3 is 23.1 Å². The van der Waals surface area contributed by atoms with Crippen LogP contribution in [-0.4, -0.2) is 65.2 Å². The Bertz CT molecular complexity index is 395. The van der Waals surface area contributed by atoms with E-state index >= 15 is 0 Å². The minimum Gasteiger partial charge on any atom is -1.00 e. The first-order chi connectivity index (χ1) is 13.1. The van der Waals surface area contributed by atoms with E-state index in [0.29, 0.717) is 12.1 Å². The largest absolute Gasteiger partial charge is 2.00 e. The third-order valence-corrected chi connectivity index (χ3v) is 9.04. The summed E-state index contributed by atoms with van der Waals surface area (Å²) in [5.74, 6) is 0. The summed E-state index contributed by atoms with van der Waals surface area (Å²) in [7, 11) is -0.142. The summed E-state index contributed by atoms with van der Waals surface area (Å²) in [6, 6.07) is 0.768. The van der Waals surface area contributed by atoms with Crippen LogP contribution in [0.1, 0.15) is 105 Å². The number of amidine groups is 1. The van der Waals surface area contributed by atoms with Crippen molar-refractivity contribution < 1.29 is 17.1 Å². The monoisotopic (exact) mass is 454 g/mol. The summed E-state index contributed by atoms with van der Waals surface area (Å²) in [5, 5.41) is 5.05. The molecule has 6 heteroatoms. The van der Waals surface area contributed by atoms with Crippen LogP contribution in [0.25, 0.3) is 5.32 Å². The first-order valence-corrected chi connectivity index (χ1v) is 13.2. The van der Waals surface area contributed by atoms with Gasteiger partial charge in [-0.15, -0.1) is 0 Å². The Kier molecular flexibility index (Phi) is 18.0. The molecule has 0 unspecified atom stereocenters. The van der Waals surface area contributed by atoms with E-state index < -0.39 is 0 Å². The molecule has 0 bridgehead atoms. The molecule has 2 aliphatic carbocycles. The zero-order valence-corrected chi connectivity index (χ0v) is 22.6. The fourth-order valence-corrected chi connectivity index (χ4v) is 8.30. The van der Waals surface area contributed by atoms with Gasteiger partial charge in [0, 0.05) is 13.2 Å². The molecule has 0 amide bonds. The van der Waals surface area contributed by atoms with Gasteiger partial charge in [0.15, 0.2) is 0 Å². The fourth-order valence-electron chi connectivity index (χ4n) is 4.48. The number of halogens is 1. The Morgan fingerprint density at radius 3 is 1.55 bits per heavy atom. The molecule has 0 aromatic carbocycles. The summed E-state index contributed by atoms with van der Waals surface area (Å²) in [5.41, 5.74) is 3.11. The predicted octanol–water partition coefficient (Wildman–Crippen LogP) is 4.10. The second-order valence-corrected chi connectivity index (χ2v) is 11.7. The van der Waals surface area contributed by atoms with E-state index in [1.165, 1.54) is 82.6 Å². The first-order valence-electron chi connectivity index (χ1n) is 11.7. The molecule has 2 saturated carbocycles. The Hall–Kier alpha value is 0.916. The normalized spacial score (nSPS) is 21.4.